The fourth-order valence-corrected chi connectivity index (χ4v) is 6.95. The predicted octanol–water partition coefficient (Wildman–Crippen LogP) is 5.80. The van der Waals surface area contributed by atoms with E-state index >= 15 is 0 Å². The molecule has 0 bridgehead atoms. The molecule has 182 valence electrons. The van der Waals surface area contributed by atoms with Crippen molar-refractivity contribution in [2.45, 2.75) is 76.3 Å². The van der Waals surface area contributed by atoms with Crippen LogP contribution in [-0.4, -0.2) is 57.8 Å². The van der Waals surface area contributed by atoms with E-state index in [4.69, 9.17) is 10.1 Å². The van der Waals surface area contributed by atoms with Crippen LogP contribution >= 0.6 is 11.3 Å². The molecule has 0 amide bonds. The van der Waals surface area contributed by atoms with Crippen molar-refractivity contribution in [3.8, 4) is 11.3 Å². The lowest BCUT2D eigenvalue weighted by molar-refractivity contribution is 0.148. The second-order valence-electron chi connectivity index (χ2n) is 10.2. The van der Waals surface area contributed by atoms with Crippen molar-refractivity contribution in [3.05, 3.63) is 30.1 Å². The third kappa shape index (κ3) is 4.54. The van der Waals surface area contributed by atoms with Crippen LogP contribution in [0.3, 0.4) is 0 Å². The summed E-state index contributed by atoms with van der Waals surface area (Å²) in [6.45, 7) is 4.28. The van der Waals surface area contributed by atoms with Crippen molar-refractivity contribution < 1.29 is 4.39 Å². The second kappa shape index (κ2) is 9.82. The molecule has 2 saturated carbocycles. The van der Waals surface area contributed by atoms with Crippen LogP contribution in [0, 0.1) is 5.82 Å². The number of piperazine rings is 1. The third-order valence-corrected chi connectivity index (χ3v) is 8.88. The number of rotatable bonds is 5. The van der Waals surface area contributed by atoms with Gasteiger partial charge in [-0.1, -0.05) is 62.0 Å². The first-order valence-corrected chi connectivity index (χ1v) is 14.0. The number of imidazole rings is 1. The monoisotopic (exact) mass is 482 g/mol. The molecule has 0 spiro atoms. The van der Waals surface area contributed by atoms with E-state index in [1.54, 1.807) is 23.5 Å². The van der Waals surface area contributed by atoms with Gasteiger partial charge in [0.05, 0.1) is 0 Å². The first kappa shape index (κ1) is 22.3. The Labute approximate surface area is 205 Å². The second-order valence-corrected chi connectivity index (χ2v) is 11.1. The zero-order valence-corrected chi connectivity index (χ0v) is 20.7. The smallest absolute Gasteiger partial charge is 0.216 e. The maximum atomic E-state index is 14.0. The van der Waals surface area contributed by atoms with Gasteiger partial charge >= 0.3 is 0 Å². The molecule has 1 saturated heterocycles. The van der Waals surface area contributed by atoms with Crippen molar-refractivity contribution >= 4 is 27.2 Å². The summed E-state index contributed by atoms with van der Waals surface area (Å²) < 4.78 is 16.0. The fourth-order valence-electron chi connectivity index (χ4n) is 6.00. The van der Waals surface area contributed by atoms with Crippen molar-refractivity contribution in [1.82, 2.24) is 19.5 Å². The minimum absolute atomic E-state index is 0.234. The van der Waals surface area contributed by atoms with Gasteiger partial charge in [0.1, 0.15) is 11.5 Å². The lowest BCUT2D eigenvalue weighted by Gasteiger charge is -2.40. The summed E-state index contributed by atoms with van der Waals surface area (Å²) in [5.41, 5.74) is 1.61. The minimum Gasteiger partial charge on any atom is -0.365 e. The Hall–Kier alpha value is -2.19. The summed E-state index contributed by atoms with van der Waals surface area (Å²) in [5, 5.41) is 9.83. The number of halogens is 1. The van der Waals surface area contributed by atoms with Crippen molar-refractivity contribution in [2.24, 2.45) is 0 Å². The highest BCUT2D eigenvalue weighted by Crippen LogP contribution is 2.36. The van der Waals surface area contributed by atoms with E-state index in [-0.39, 0.29) is 5.82 Å². The Morgan fingerprint density at radius 2 is 1.65 bits per heavy atom. The average Bonchev–Trinajstić information content (AvgIpc) is 3.45. The van der Waals surface area contributed by atoms with E-state index in [0.29, 0.717) is 6.04 Å². The van der Waals surface area contributed by atoms with Gasteiger partial charge in [-0.05, 0) is 37.8 Å². The highest BCUT2D eigenvalue weighted by atomic mass is 32.1. The molecule has 1 aliphatic heterocycles. The topological polar surface area (TPSA) is 48.7 Å². The SMILES string of the molecule is Fc1cccc(-c2nc3sc(N4CCN(C5CCCCC5)CC4)nn3c2NC2CCCCC2)c1. The van der Waals surface area contributed by atoms with Crippen molar-refractivity contribution in [3.63, 3.8) is 0 Å². The van der Waals surface area contributed by atoms with E-state index in [2.05, 4.69) is 15.1 Å². The minimum atomic E-state index is -0.234. The molecule has 0 unspecified atom stereocenters. The van der Waals surface area contributed by atoms with Gasteiger partial charge in [-0.2, -0.15) is 4.52 Å². The van der Waals surface area contributed by atoms with Crippen LogP contribution in [0.2, 0.25) is 0 Å². The number of hydrogen-bond donors (Lipinski definition) is 1. The Morgan fingerprint density at radius 3 is 2.38 bits per heavy atom. The Balaban J connectivity index is 1.25. The maximum absolute atomic E-state index is 14.0. The first-order valence-electron chi connectivity index (χ1n) is 13.2. The van der Waals surface area contributed by atoms with E-state index in [0.717, 1.165) is 72.2 Å². The Kier molecular flexibility index (Phi) is 6.43. The maximum Gasteiger partial charge on any atom is 0.216 e. The lowest BCUT2D eigenvalue weighted by Crippen LogP contribution is -2.50. The molecule has 8 heteroatoms. The van der Waals surface area contributed by atoms with Gasteiger partial charge in [0, 0.05) is 43.8 Å². The van der Waals surface area contributed by atoms with Crippen LogP contribution in [0.15, 0.2) is 24.3 Å². The number of nitrogens with one attached hydrogen (secondary N) is 1. The van der Waals surface area contributed by atoms with Gasteiger partial charge in [0.15, 0.2) is 5.82 Å². The summed E-state index contributed by atoms with van der Waals surface area (Å²) in [4.78, 5) is 10.9. The van der Waals surface area contributed by atoms with Gasteiger partial charge < -0.3 is 10.2 Å². The van der Waals surface area contributed by atoms with Crippen molar-refractivity contribution in [1.29, 1.82) is 0 Å². The number of anilines is 2. The number of hydrogen-bond acceptors (Lipinski definition) is 6. The van der Waals surface area contributed by atoms with Crippen LogP contribution in [0.25, 0.3) is 16.2 Å². The summed E-state index contributed by atoms with van der Waals surface area (Å²) in [6, 6.07) is 7.96. The summed E-state index contributed by atoms with van der Waals surface area (Å²) in [6.07, 6.45) is 13.1. The lowest BCUT2D eigenvalue weighted by atomic mass is 9.94. The third-order valence-electron chi connectivity index (χ3n) is 7.91. The molecule has 3 aromatic rings. The largest absolute Gasteiger partial charge is 0.365 e. The number of aromatic nitrogens is 3. The number of fused-ring (bicyclic) bond motifs is 1. The molecule has 6 rings (SSSR count). The van der Waals surface area contributed by atoms with Gasteiger partial charge in [0.25, 0.3) is 0 Å². The number of benzene rings is 1. The molecular weight excluding hydrogens is 447 g/mol. The van der Waals surface area contributed by atoms with Gasteiger partial charge in [-0.3, -0.25) is 4.90 Å². The zero-order chi connectivity index (χ0) is 22.9. The average molecular weight is 483 g/mol. The molecule has 0 atom stereocenters. The van der Waals surface area contributed by atoms with Gasteiger partial charge in [0.2, 0.25) is 10.1 Å². The summed E-state index contributed by atoms with van der Waals surface area (Å²) >= 11 is 1.65. The molecule has 34 heavy (non-hydrogen) atoms. The summed E-state index contributed by atoms with van der Waals surface area (Å²) in [7, 11) is 0. The standard InChI is InChI=1S/C26H35FN6S/c27-20-9-7-8-19(18-20)23-24(28-21-10-3-1-4-11-21)33-25(29-23)34-26(30-33)32-16-14-31(15-17-32)22-12-5-2-6-13-22/h7-9,18,21-22,28H,1-6,10-17H2. The first-order chi connectivity index (χ1) is 16.7. The van der Waals surface area contributed by atoms with Crippen LogP contribution in [0.4, 0.5) is 15.3 Å². The molecule has 6 nitrogen and oxygen atoms in total. The molecular formula is C26H35FN6S. The molecule has 1 aromatic carbocycles. The molecule has 3 fully saturated rings. The quantitative estimate of drug-likeness (QED) is 0.498. The van der Waals surface area contributed by atoms with E-state index in [1.165, 1.54) is 57.4 Å². The molecule has 1 N–H and O–H groups in total. The molecule has 0 radical (unpaired) electrons. The van der Waals surface area contributed by atoms with Gasteiger partial charge in [-0.25, -0.2) is 9.37 Å². The van der Waals surface area contributed by atoms with E-state index in [1.807, 2.05) is 10.6 Å². The number of nitrogens with zero attached hydrogens (tertiary/aromatic N) is 5. The zero-order valence-electron chi connectivity index (χ0n) is 19.9. The van der Waals surface area contributed by atoms with E-state index in [9.17, 15) is 4.39 Å². The molecule has 3 heterocycles. The highest BCUT2D eigenvalue weighted by molar-refractivity contribution is 7.20. The predicted molar refractivity (Wildman–Crippen MR) is 137 cm³/mol. The Morgan fingerprint density at radius 1 is 0.912 bits per heavy atom. The van der Waals surface area contributed by atoms with Crippen molar-refractivity contribution in [2.75, 3.05) is 36.4 Å². The van der Waals surface area contributed by atoms with Gasteiger partial charge in [-0.15, -0.1) is 5.10 Å². The van der Waals surface area contributed by atoms with Crippen LogP contribution in [0.5, 0.6) is 0 Å². The molecule has 2 aliphatic carbocycles. The Bertz CT molecular complexity index is 1110. The van der Waals surface area contributed by atoms with Crippen LogP contribution in [0.1, 0.15) is 64.2 Å². The van der Waals surface area contributed by atoms with Crippen LogP contribution in [-0.2, 0) is 0 Å². The highest BCUT2D eigenvalue weighted by Gasteiger charge is 2.28. The summed E-state index contributed by atoms with van der Waals surface area (Å²) in [5.74, 6) is 0.679. The molecule has 3 aliphatic rings. The molecule has 2 aromatic heterocycles. The van der Waals surface area contributed by atoms with E-state index < -0.39 is 0 Å². The van der Waals surface area contributed by atoms with Crippen LogP contribution < -0.4 is 10.2 Å². The fraction of sp³-hybridized carbons (Fsp3) is 0.615. The normalized spacial score (nSPS) is 21.4.